The van der Waals surface area contributed by atoms with Gasteiger partial charge in [0.1, 0.15) is 0 Å². The third kappa shape index (κ3) is 4.87. The van der Waals surface area contributed by atoms with Crippen molar-refractivity contribution < 1.29 is 13.2 Å². The highest BCUT2D eigenvalue weighted by atomic mass is 35.5. The van der Waals surface area contributed by atoms with Gasteiger partial charge in [-0.15, -0.1) is 0 Å². The summed E-state index contributed by atoms with van der Waals surface area (Å²) in [5.74, 6) is -0.103. The number of amides is 1. The number of benzene rings is 1. The molecule has 8 heteroatoms. The molecule has 21 heavy (non-hydrogen) atoms. The van der Waals surface area contributed by atoms with Gasteiger partial charge >= 0.3 is 0 Å². The average Bonchev–Trinajstić information content (AvgIpc) is 2.41. The third-order valence-corrected chi connectivity index (χ3v) is 4.10. The minimum absolute atomic E-state index is 0.0497. The molecule has 1 aliphatic rings. The number of hydrogen-bond donors (Lipinski definition) is 3. The molecule has 3 N–H and O–H groups in total. The van der Waals surface area contributed by atoms with E-state index in [1.165, 1.54) is 12.1 Å². The van der Waals surface area contributed by atoms with Crippen LogP contribution in [0.5, 0.6) is 0 Å². The van der Waals surface area contributed by atoms with Crippen molar-refractivity contribution in [2.45, 2.75) is 12.8 Å². The standard InChI is InChI=1S/C13H18ClN3O3S/c1-21(19,20)17-12-5-4-10(7-11(12)14)16-13(18)9-3-2-6-15-8-9/h4-5,7,9,15,17H,2-3,6,8H2,1H3,(H,16,18)/t9-/m0/s1. The number of rotatable bonds is 4. The second-order valence-electron chi connectivity index (χ2n) is 5.10. The predicted molar refractivity (Wildman–Crippen MR) is 84.1 cm³/mol. The van der Waals surface area contributed by atoms with E-state index < -0.39 is 10.0 Å². The lowest BCUT2D eigenvalue weighted by Crippen LogP contribution is -2.37. The van der Waals surface area contributed by atoms with Crippen molar-refractivity contribution in [3.63, 3.8) is 0 Å². The van der Waals surface area contributed by atoms with Crippen molar-refractivity contribution in [2.24, 2.45) is 5.92 Å². The zero-order valence-electron chi connectivity index (χ0n) is 11.6. The molecule has 1 aliphatic heterocycles. The Kier molecular flexibility index (Phi) is 5.08. The molecule has 0 aliphatic carbocycles. The second kappa shape index (κ2) is 6.64. The Morgan fingerprint density at radius 3 is 2.76 bits per heavy atom. The highest BCUT2D eigenvalue weighted by Crippen LogP contribution is 2.26. The quantitative estimate of drug-likeness (QED) is 0.783. The summed E-state index contributed by atoms with van der Waals surface area (Å²) >= 11 is 6.01. The van der Waals surface area contributed by atoms with E-state index in [2.05, 4.69) is 15.4 Å². The van der Waals surface area contributed by atoms with Crippen LogP contribution in [0.1, 0.15) is 12.8 Å². The fraction of sp³-hybridized carbons (Fsp3) is 0.462. The summed E-state index contributed by atoms with van der Waals surface area (Å²) in [6, 6.07) is 4.68. The van der Waals surface area contributed by atoms with Crippen molar-refractivity contribution in [3.05, 3.63) is 23.2 Å². The molecule has 1 aromatic carbocycles. The van der Waals surface area contributed by atoms with Crippen LogP contribution in [0.15, 0.2) is 18.2 Å². The number of carbonyl (C=O) groups excluding carboxylic acids is 1. The zero-order valence-corrected chi connectivity index (χ0v) is 13.2. The van der Waals surface area contributed by atoms with Crippen LogP contribution in [-0.4, -0.2) is 33.7 Å². The van der Waals surface area contributed by atoms with Gasteiger partial charge in [-0.05, 0) is 37.6 Å². The lowest BCUT2D eigenvalue weighted by atomic mass is 9.99. The monoisotopic (exact) mass is 331 g/mol. The van der Waals surface area contributed by atoms with Crippen LogP contribution in [0.4, 0.5) is 11.4 Å². The average molecular weight is 332 g/mol. The summed E-state index contributed by atoms with van der Waals surface area (Å²) in [6.07, 6.45) is 2.89. The number of carbonyl (C=O) groups is 1. The molecule has 2 rings (SSSR count). The van der Waals surface area contributed by atoms with E-state index in [0.29, 0.717) is 12.2 Å². The van der Waals surface area contributed by atoms with Gasteiger partial charge in [-0.25, -0.2) is 8.42 Å². The number of sulfonamides is 1. The van der Waals surface area contributed by atoms with Gasteiger partial charge in [-0.3, -0.25) is 9.52 Å². The highest BCUT2D eigenvalue weighted by Gasteiger charge is 2.21. The van der Waals surface area contributed by atoms with E-state index in [1.807, 2.05) is 0 Å². The Morgan fingerprint density at radius 1 is 1.43 bits per heavy atom. The second-order valence-corrected chi connectivity index (χ2v) is 7.26. The van der Waals surface area contributed by atoms with Crippen LogP contribution < -0.4 is 15.4 Å². The van der Waals surface area contributed by atoms with Gasteiger partial charge in [0.05, 0.1) is 22.9 Å². The summed E-state index contributed by atoms with van der Waals surface area (Å²) in [7, 11) is -3.38. The van der Waals surface area contributed by atoms with E-state index in [0.717, 1.165) is 25.6 Å². The molecule has 1 amide bonds. The van der Waals surface area contributed by atoms with Crippen molar-refractivity contribution >= 4 is 38.9 Å². The van der Waals surface area contributed by atoms with Gasteiger partial charge in [0.2, 0.25) is 15.9 Å². The summed E-state index contributed by atoms with van der Waals surface area (Å²) in [5, 5.41) is 6.22. The third-order valence-electron chi connectivity index (χ3n) is 3.20. The number of nitrogens with one attached hydrogen (secondary N) is 3. The number of halogens is 1. The SMILES string of the molecule is CS(=O)(=O)Nc1ccc(NC(=O)[C@H]2CCCNC2)cc1Cl. The highest BCUT2D eigenvalue weighted by molar-refractivity contribution is 7.92. The minimum Gasteiger partial charge on any atom is -0.326 e. The summed E-state index contributed by atoms with van der Waals surface area (Å²) in [6.45, 7) is 1.62. The maximum absolute atomic E-state index is 12.1. The van der Waals surface area contributed by atoms with Crippen LogP contribution in [0.3, 0.4) is 0 Å². The summed E-state index contributed by atoms with van der Waals surface area (Å²) in [5.41, 5.74) is 0.839. The Morgan fingerprint density at radius 2 is 2.19 bits per heavy atom. The van der Waals surface area contributed by atoms with Crippen LogP contribution in [-0.2, 0) is 14.8 Å². The van der Waals surface area contributed by atoms with Gasteiger partial charge in [-0.1, -0.05) is 11.6 Å². The van der Waals surface area contributed by atoms with E-state index in [4.69, 9.17) is 11.6 Å². The minimum atomic E-state index is -3.38. The smallest absolute Gasteiger partial charge is 0.229 e. The Balaban J connectivity index is 2.04. The topological polar surface area (TPSA) is 87.3 Å². The fourth-order valence-corrected chi connectivity index (χ4v) is 3.06. The molecule has 1 aromatic rings. The lowest BCUT2D eigenvalue weighted by Gasteiger charge is -2.22. The maximum Gasteiger partial charge on any atom is 0.229 e. The zero-order chi connectivity index (χ0) is 15.5. The molecule has 0 radical (unpaired) electrons. The van der Waals surface area contributed by atoms with Gasteiger partial charge in [-0.2, -0.15) is 0 Å². The number of anilines is 2. The maximum atomic E-state index is 12.1. The van der Waals surface area contributed by atoms with Crippen molar-refractivity contribution in [1.82, 2.24) is 5.32 Å². The first-order valence-electron chi connectivity index (χ1n) is 6.64. The van der Waals surface area contributed by atoms with E-state index in [9.17, 15) is 13.2 Å². The molecule has 0 bridgehead atoms. The van der Waals surface area contributed by atoms with Crippen molar-refractivity contribution in [1.29, 1.82) is 0 Å². The molecule has 1 saturated heterocycles. The first-order valence-corrected chi connectivity index (χ1v) is 8.91. The van der Waals surface area contributed by atoms with Crippen LogP contribution in [0.25, 0.3) is 0 Å². The van der Waals surface area contributed by atoms with E-state index >= 15 is 0 Å². The van der Waals surface area contributed by atoms with Gasteiger partial charge < -0.3 is 10.6 Å². The molecule has 0 unspecified atom stereocenters. The number of hydrogen-bond acceptors (Lipinski definition) is 4. The molecule has 0 spiro atoms. The van der Waals surface area contributed by atoms with E-state index in [-0.39, 0.29) is 22.5 Å². The first kappa shape index (κ1) is 16.1. The Hall–Kier alpha value is -1.31. The van der Waals surface area contributed by atoms with E-state index in [1.54, 1.807) is 6.07 Å². The molecule has 116 valence electrons. The van der Waals surface area contributed by atoms with Gasteiger partial charge in [0.15, 0.2) is 0 Å². The van der Waals surface area contributed by atoms with Gasteiger partial charge in [0.25, 0.3) is 0 Å². The Labute approximate surface area is 129 Å². The molecule has 1 atom stereocenters. The summed E-state index contributed by atoms with van der Waals surface area (Å²) in [4.78, 5) is 12.1. The molecule has 1 heterocycles. The summed E-state index contributed by atoms with van der Waals surface area (Å²) < 4.78 is 24.7. The molecular weight excluding hydrogens is 314 g/mol. The van der Waals surface area contributed by atoms with Crippen LogP contribution in [0.2, 0.25) is 5.02 Å². The van der Waals surface area contributed by atoms with Crippen molar-refractivity contribution in [2.75, 3.05) is 29.4 Å². The van der Waals surface area contributed by atoms with Crippen LogP contribution >= 0.6 is 11.6 Å². The predicted octanol–water partition coefficient (Wildman–Crippen LogP) is 1.65. The molecule has 6 nitrogen and oxygen atoms in total. The lowest BCUT2D eigenvalue weighted by molar-refractivity contribution is -0.120. The first-order chi connectivity index (χ1) is 9.85. The van der Waals surface area contributed by atoms with Gasteiger partial charge in [0, 0.05) is 12.2 Å². The number of piperidine rings is 1. The largest absolute Gasteiger partial charge is 0.326 e. The Bertz CT molecular complexity index is 628. The molecule has 1 fully saturated rings. The van der Waals surface area contributed by atoms with Crippen LogP contribution in [0, 0.1) is 5.92 Å². The normalized spacial score (nSPS) is 19.0. The fourth-order valence-electron chi connectivity index (χ4n) is 2.20. The van der Waals surface area contributed by atoms with Crippen molar-refractivity contribution in [3.8, 4) is 0 Å². The molecule has 0 aromatic heterocycles. The molecular formula is C13H18ClN3O3S. The molecule has 0 saturated carbocycles.